The molecule has 176 valence electrons. The van der Waals surface area contributed by atoms with Crippen molar-refractivity contribution >= 4 is 23.1 Å². The van der Waals surface area contributed by atoms with Crippen molar-refractivity contribution in [3.8, 4) is 5.75 Å². The Morgan fingerprint density at radius 2 is 2.03 bits per heavy atom. The number of hydrogen-bond donors (Lipinski definition) is 2. The number of allylic oxidation sites excluding steroid dienone is 1. The molecule has 8 nitrogen and oxygen atoms in total. The van der Waals surface area contributed by atoms with Crippen LogP contribution in [0.5, 0.6) is 5.75 Å². The predicted octanol–water partition coefficient (Wildman–Crippen LogP) is 2.69. The van der Waals surface area contributed by atoms with Gasteiger partial charge in [0.2, 0.25) is 11.6 Å². The zero-order valence-electron chi connectivity index (χ0n) is 18.2. The Balaban J connectivity index is 1.87. The number of dihydropyridines is 1. The summed E-state index contributed by atoms with van der Waals surface area (Å²) >= 11 is 0. The molecule has 2 aromatic rings. The van der Waals surface area contributed by atoms with E-state index in [4.69, 9.17) is 16.2 Å². The van der Waals surface area contributed by atoms with Gasteiger partial charge in [0.25, 0.3) is 5.84 Å². The highest BCUT2D eigenvalue weighted by molar-refractivity contribution is 6.11. The van der Waals surface area contributed by atoms with Crippen LogP contribution >= 0.6 is 0 Å². The Hall–Kier alpha value is -3.83. The molecule has 2 aliphatic rings. The van der Waals surface area contributed by atoms with E-state index in [-0.39, 0.29) is 18.9 Å². The van der Waals surface area contributed by atoms with Crippen LogP contribution in [0.1, 0.15) is 11.3 Å². The first-order valence-electron chi connectivity index (χ1n) is 10.2. The number of primary amides is 1. The number of aliphatic imine (C=N–C) groups is 1. The van der Waals surface area contributed by atoms with Gasteiger partial charge in [0, 0.05) is 36.5 Å². The molecule has 4 rings (SSSR count). The summed E-state index contributed by atoms with van der Waals surface area (Å²) in [5.74, 6) is -0.0295. The first-order chi connectivity index (χ1) is 16.2. The zero-order chi connectivity index (χ0) is 24.6. The summed E-state index contributed by atoms with van der Waals surface area (Å²) < 4.78 is 45.2. The largest absolute Gasteiger partial charge is 0.497 e. The smallest absolute Gasteiger partial charge is 0.438 e. The third kappa shape index (κ3) is 3.78. The van der Waals surface area contributed by atoms with E-state index in [2.05, 4.69) is 15.1 Å². The van der Waals surface area contributed by atoms with Crippen molar-refractivity contribution in [3.63, 3.8) is 0 Å². The maximum atomic E-state index is 13.6. The van der Waals surface area contributed by atoms with Gasteiger partial charge in [-0.25, -0.2) is 4.99 Å². The lowest BCUT2D eigenvalue weighted by atomic mass is 9.81. The molecule has 1 aromatic carbocycles. The normalized spacial score (nSPS) is 24.0. The van der Waals surface area contributed by atoms with Crippen LogP contribution in [0.3, 0.4) is 0 Å². The molecule has 0 spiro atoms. The SMILES string of the molecule is COc1ccc([N+]2(C3=NCC(C(N)=O)(c4ccccn4)C=C3)C=CC(C(F)(F)F)=N2)c(CN)c1. The fourth-order valence-corrected chi connectivity index (χ4v) is 3.96. The van der Waals surface area contributed by atoms with E-state index < -0.39 is 27.8 Å². The number of methoxy groups -OCH3 is 1. The number of amidine groups is 1. The molecule has 34 heavy (non-hydrogen) atoms. The second-order valence-corrected chi connectivity index (χ2v) is 7.74. The van der Waals surface area contributed by atoms with Gasteiger partial charge in [0.1, 0.15) is 17.4 Å². The summed E-state index contributed by atoms with van der Waals surface area (Å²) in [6, 6.07) is 9.89. The molecule has 3 heterocycles. The molecule has 0 fully saturated rings. The predicted molar refractivity (Wildman–Crippen MR) is 122 cm³/mol. The van der Waals surface area contributed by atoms with Crippen molar-refractivity contribution in [2.45, 2.75) is 18.1 Å². The number of hydrogen-bond acceptors (Lipinski definition) is 6. The Bertz CT molecular complexity index is 1240. The fraction of sp³-hybridized carbons (Fsp3) is 0.217. The minimum absolute atomic E-state index is 0.0212. The molecule has 2 aliphatic heterocycles. The van der Waals surface area contributed by atoms with E-state index in [1.807, 2.05) is 0 Å². The average molecular weight is 471 g/mol. The average Bonchev–Trinajstić information content (AvgIpc) is 3.31. The van der Waals surface area contributed by atoms with Crippen LogP contribution in [-0.4, -0.2) is 42.3 Å². The van der Waals surface area contributed by atoms with Gasteiger partial charge < -0.3 is 16.2 Å². The molecule has 0 bridgehead atoms. The Kier molecular flexibility index (Phi) is 5.84. The minimum atomic E-state index is -4.67. The fourth-order valence-electron chi connectivity index (χ4n) is 3.96. The van der Waals surface area contributed by atoms with Crippen LogP contribution in [0.15, 0.2) is 77.1 Å². The number of amides is 1. The monoisotopic (exact) mass is 471 g/mol. The second-order valence-electron chi connectivity index (χ2n) is 7.74. The van der Waals surface area contributed by atoms with Crippen molar-refractivity contribution in [2.75, 3.05) is 13.7 Å². The Labute approximate surface area is 193 Å². The van der Waals surface area contributed by atoms with E-state index in [0.29, 0.717) is 22.7 Å². The van der Waals surface area contributed by atoms with Gasteiger partial charge in [-0.1, -0.05) is 21.8 Å². The number of aromatic nitrogens is 1. The van der Waals surface area contributed by atoms with Gasteiger partial charge in [0.05, 0.1) is 19.3 Å². The highest BCUT2D eigenvalue weighted by Gasteiger charge is 2.50. The number of pyridine rings is 1. The first-order valence-corrected chi connectivity index (χ1v) is 10.2. The summed E-state index contributed by atoms with van der Waals surface area (Å²) in [5.41, 5.74) is 10.5. The number of halogens is 3. The van der Waals surface area contributed by atoms with Crippen molar-refractivity contribution in [2.24, 2.45) is 21.6 Å². The lowest BCUT2D eigenvalue weighted by Gasteiger charge is -2.32. The van der Waals surface area contributed by atoms with Gasteiger partial charge in [-0.3, -0.25) is 9.78 Å². The molecule has 0 saturated carbocycles. The van der Waals surface area contributed by atoms with Crippen molar-refractivity contribution in [1.82, 2.24) is 9.58 Å². The van der Waals surface area contributed by atoms with Crippen LogP contribution in [0.4, 0.5) is 18.9 Å². The van der Waals surface area contributed by atoms with Crippen LogP contribution in [-0.2, 0) is 16.8 Å². The molecule has 1 amide bonds. The number of rotatable bonds is 5. The highest BCUT2D eigenvalue weighted by atomic mass is 19.4. The number of nitrogens with zero attached hydrogens (tertiary/aromatic N) is 4. The summed E-state index contributed by atoms with van der Waals surface area (Å²) in [5, 5.41) is 4.02. The molecule has 4 N–H and O–H groups in total. The molecule has 0 aliphatic carbocycles. The Morgan fingerprint density at radius 3 is 2.56 bits per heavy atom. The maximum Gasteiger partial charge on any atom is 0.438 e. The number of ether oxygens (including phenoxy) is 1. The molecule has 0 radical (unpaired) electrons. The van der Waals surface area contributed by atoms with E-state index in [1.54, 1.807) is 36.4 Å². The Morgan fingerprint density at radius 1 is 1.24 bits per heavy atom. The lowest BCUT2D eigenvalue weighted by Crippen LogP contribution is -2.49. The number of carbonyl (C=O) groups excluding carboxylic acids is 1. The van der Waals surface area contributed by atoms with Crippen LogP contribution in [0.2, 0.25) is 0 Å². The summed E-state index contributed by atoms with van der Waals surface area (Å²) in [6.07, 6.45) is 2.01. The van der Waals surface area contributed by atoms with Gasteiger partial charge >= 0.3 is 6.18 Å². The summed E-state index contributed by atoms with van der Waals surface area (Å²) in [7, 11) is 1.48. The third-order valence-corrected chi connectivity index (χ3v) is 5.80. The van der Waals surface area contributed by atoms with E-state index in [1.165, 1.54) is 31.7 Å². The summed E-state index contributed by atoms with van der Waals surface area (Å²) in [6.45, 7) is -0.128. The molecular weight excluding hydrogens is 449 g/mol. The van der Waals surface area contributed by atoms with Gasteiger partial charge in [-0.2, -0.15) is 13.2 Å². The highest BCUT2D eigenvalue weighted by Crippen LogP contribution is 2.39. The number of alkyl halides is 3. The first kappa shape index (κ1) is 23.3. The number of quaternary nitrogens is 1. The number of benzene rings is 1. The van der Waals surface area contributed by atoms with E-state index in [9.17, 15) is 18.0 Å². The third-order valence-electron chi connectivity index (χ3n) is 5.80. The van der Waals surface area contributed by atoms with E-state index in [0.717, 1.165) is 6.08 Å². The molecular formula is C23H22F3N6O2+. The minimum Gasteiger partial charge on any atom is -0.497 e. The zero-order valence-corrected chi connectivity index (χ0v) is 18.2. The van der Waals surface area contributed by atoms with Gasteiger partial charge in [-0.15, -0.1) is 0 Å². The maximum absolute atomic E-state index is 13.6. The standard InChI is InChI=1S/C23H21F3N6O2/c1-34-16-5-6-17(15(12-16)13-27)32(11-8-19(31-32)23(24,25)26)20-7-9-22(14-30-20,21(28)33)18-4-2-3-10-29-18/h2-12H,13-14,27H2,1H3,(H-,28,33)/p+1. The lowest BCUT2D eigenvalue weighted by molar-refractivity contribution is -0.121. The van der Waals surface area contributed by atoms with Crippen LogP contribution < -0.4 is 20.8 Å². The van der Waals surface area contributed by atoms with Gasteiger partial charge in [-0.05, 0) is 24.3 Å². The number of carbonyl (C=O) groups is 1. The van der Waals surface area contributed by atoms with Crippen LogP contribution in [0.25, 0.3) is 0 Å². The quantitative estimate of drug-likeness (QED) is 0.653. The van der Waals surface area contributed by atoms with E-state index >= 15 is 0 Å². The van der Waals surface area contributed by atoms with Crippen molar-refractivity contribution in [3.05, 3.63) is 78.3 Å². The van der Waals surface area contributed by atoms with Crippen molar-refractivity contribution < 1.29 is 22.7 Å². The second kappa shape index (κ2) is 8.50. The number of nitrogens with two attached hydrogens (primary N) is 2. The molecule has 2 atom stereocenters. The van der Waals surface area contributed by atoms with Crippen LogP contribution in [0, 0.1) is 0 Å². The topological polar surface area (TPSA) is 116 Å². The molecule has 1 aromatic heterocycles. The van der Waals surface area contributed by atoms with Crippen molar-refractivity contribution in [1.29, 1.82) is 0 Å². The molecule has 11 heteroatoms. The summed E-state index contributed by atoms with van der Waals surface area (Å²) in [4.78, 5) is 21.2. The molecule has 0 saturated heterocycles. The molecule has 2 unspecified atom stereocenters. The van der Waals surface area contributed by atoms with Gasteiger partial charge in [0.15, 0.2) is 5.69 Å².